The molecule has 5 heteroatoms. The van der Waals surface area contributed by atoms with Crippen LogP contribution in [-0.2, 0) is 20.0 Å². The molecule has 27 heavy (non-hydrogen) atoms. The smallest absolute Gasteiger partial charge is 0.232 e. The molecule has 2 aromatic carbocycles. The predicted octanol–water partition coefficient (Wildman–Crippen LogP) is 3.69. The minimum Gasteiger partial charge on any atom is -0.341 e. The molecule has 1 heterocycles. The molecule has 1 aliphatic heterocycles. The molecule has 2 fully saturated rings. The third kappa shape index (κ3) is 2.87. The number of fused-ring (bicyclic) bond motifs is 1. The van der Waals surface area contributed by atoms with Gasteiger partial charge >= 0.3 is 0 Å². The van der Waals surface area contributed by atoms with Crippen molar-refractivity contribution in [1.29, 1.82) is 0 Å². The average Bonchev–Trinajstić information content (AvgIpc) is 2.75. The van der Waals surface area contributed by atoms with Crippen LogP contribution in [0.2, 0.25) is 0 Å². The molecular weight excluding hydrogens is 358 g/mol. The topological polar surface area (TPSA) is 54.5 Å². The van der Waals surface area contributed by atoms with Crippen LogP contribution in [0.5, 0.6) is 0 Å². The lowest BCUT2D eigenvalue weighted by atomic mass is 9.79. The number of hydrogen-bond donors (Lipinski definition) is 0. The molecular formula is C22H27NO3S. The van der Waals surface area contributed by atoms with Crippen molar-refractivity contribution >= 4 is 26.5 Å². The number of nitrogens with zero attached hydrogens (tertiary/aromatic N) is 1. The average molecular weight is 386 g/mol. The zero-order valence-corrected chi connectivity index (χ0v) is 16.9. The normalized spacial score (nSPS) is 21.6. The van der Waals surface area contributed by atoms with E-state index in [2.05, 4.69) is 18.2 Å². The molecule has 144 valence electrons. The van der Waals surface area contributed by atoms with Crippen LogP contribution in [-0.4, -0.2) is 42.8 Å². The molecule has 0 radical (unpaired) electrons. The third-order valence-corrected chi connectivity index (χ3v) is 9.33. The molecule has 0 bridgehead atoms. The van der Waals surface area contributed by atoms with Gasteiger partial charge in [0, 0.05) is 13.1 Å². The number of hydrogen-bond acceptors (Lipinski definition) is 3. The van der Waals surface area contributed by atoms with E-state index in [0.717, 1.165) is 35.6 Å². The molecule has 1 amide bonds. The Bertz CT molecular complexity index is 984. The molecule has 4 nitrogen and oxygen atoms in total. The molecule has 2 aromatic rings. The first-order chi connectivity index (χ1) is 12.8. The first kappa shape index (κ1) is 18.5. The summed E-state index contributed by atoms with van der Waals surface area (Å²) in [4.78, 5) is 15.3. The highest BCUT2D eigenvalue weighted by Gasteiger charge is 2.50. The summed E-state index contributed by atoms with van der Waals surface area (Å²) in [5, 5.41) is 2.19. The quantitative estimate of drug-likeness (QED) is 0.792. The van der Waals surface area contributed by atoms with Gasteiger partial charge < -0.3 is 4.90 Å². The fourth-order valence-corrected chi connectivity index (χ4v) is 6.88. The molecule has 2 aliphatic rings. The summed E-state index contributed by atoms with van der Waals surface area (Å²) in [5.74, 6) is 0.107. The van der Waals surface area contributed by atoms with Crippen molar-refractivity contribution in [1.82, 2.24) is 4.90 Å². The van der Waals surface area contributed by atoms with Crippen LogP contribution >= 0.6 is 0 Å². The second-order valence-corrected chi connectivity index (χ2v) is 11.1. The summed E-state index contributed by atoms with van der Waals surface area (Å²) < 4.78 is 24.9. The van der Waals surface area contributed by atoms with E-state index >= 15 is 0 Å². The van der Waals surface area contributed by atoms with E-state index in [9.17, 15) is 13.2 Å². The predicted molar refractivity (Wildman–Crippen MR) is 109 cm³/mol. The largest absolute Gasteiger partial charge is 0.341 e. The molecule has 4 rings (SSSR count). The Morgan fingerprint density at radius 2 is 1.70 bits per heavy atom. The van der Waals surface area contributed by atoms with Crippen LogP contribution in [0.1, 0.15) is 45.1 Å². The monoisotopic (exact) mass is 385 g/mol. The minimum atomic E-state index is -3.13. The Kier molecular flexibility index (Phi) is 4.34. The second kappa shape index (κ2) is 6.33. The SMILES string of the molecule is CC(C)(C(=O)N1CCC2(CCC2)S(=O)(=O)CC1)c1cccc2ccccc12. The molecule has 1 saturated carbocycles. The zero-order valence-electron chi connectivity index (χ0n) is 16.1. The van der Waals surface area contributed by atoms with Gasteiger partial charge in [0.15, 0.2) is 9.84 Å². The van der Waals surface area contributed by atoms with Gasteiger partial charge in [0.25, 0.3) is 0 Å². The van der Waals surface area contributed by atoms with Gasteiger partial charge in [0.05, 0.1) is 15.9 Å². The van der Waals surface area contributed by atoms with Gasteiger partial charge in [0.1, 0.15) is 0 Å². The Morgan fingerprint density at radius 3 is 2.41 bits per heavy atom. The molecule has 0 atom stereocenters. The number of carbonyl (C=O) groups excluding carboxylic acids is 1. The number of sulfone groups is 1. The summed E-state index contributed by atoms with van der Waals surface area (Å²) in [6, 6.07) is 14.2. The zero-order chi connectivity index (χ0) is 19.3. The van der Waals surface area contributed by atoms with Crippen LogP contribution < -0.4 is 0 Å². The van der Waals surface area contributed by atoms with Crippen molar-refractivity contribution < 1.29 is 13.2 Å². The van der Waals surface area contributed by atoms with E-state index in [-0.39, 0.29) is 11.7 Å². The van der Waals surface area contributed by atoms with Gasteiger partial charge in [-0.05, 0) is 49.4 Å². The van der Waals surface area contributed by atoms with Crippen LogP contribution in [0.25, 0.3) is 10.8 Å². The summed E-state index contributed by atoms with van der Waals surface area (Å²) >= 11 is 0. The molecule has 1 spiro atoms. The maximum Gasteiger partial charge on any atom is 0.232 e. The van der Waals surface area contributed by atoms with Crippen molar-refractivity contribution in [2.24, 2.45) is 0 Å². The van der Waals surface area contributed by atoms with Gasteiger partial charge in [-0.3, -0.25) is 4.79 Å². The van der Waals surface area contributed by atoms with E-state index in [1.165, 1.54) is 0 Å². The van der Waals surface area contributed by atoms with E-state index in [1.807, 2.05) is 38.1 Å². The van der Waals surface area contributed by atoms with Gasteiger partial charge in [0.2, 0.25) is 5.91 Å². The summed E-state index contributed by atoms with van der Waals surface area (Å²) in [6.45, 7) is 4.74. The van der Waals surface area contributed by atoms with Gasteiger partial charge in [-0.25, -0.2) is 8.42 Å². The van der Waals surface area contributed by atoms with E-state index in [4.69, 9.17) is 0 Å². The summed E-state index contributed by atoms with van der Waals surface area (Å²) in [6.07, 6.45) is 3.07. The lowest BCUT2D eigenvalue weighted by Gasteiger charge is -2.40. The maximum absolute atomic E-state index is 13.5. The van der Waals surface area contributed by atoms with Gasteiger partial charge in [-0.15, -0.1) is 0 Å². The number of amides is 1. The summed E-state index contributed by atoms with van der Waals surface area (Å²) in [7, 11) is -3.13. The van der Waals surface area contributed by atoms with Crippen molar-refractivity contribution in [2.75, 3.05) is 18.8 Å². The van der Waals surface area contributed by atoms with Gasteiger partial charge in [-0.1, -0.05) is 48.9 Å². The second-order valence-electron chi connectivity index (χ2n) is 8.55. The summed E-state index contributed by atoms with van der Waals surface area (Å²) in [5.41, 5.74) is 0.290. The van der Waals surface area contributed by atoms with E-state index in [1.54, 1.807) is 4.90 Å². The number of carbonyl (C=O) groups is 1. The lowest BCUT2D eigenvalue weighted by Crippen LogP contribution is -2.46. The number of rotatable bonds is 2. The van der Waals surface area contributed by atoms with Crippen molar-refractivity contribution in [3.63, 3.8) is 0 Å². The standard InChI is InChI=1S/C22H27NO3S/c1-21(2,19-10-5-8-17-7-3-4-9-18(17)19)20(24)23-14-13-22(11-6-12-22)27(25,26)16-15-23/h3-5,7-10H,6,11-16H2,1-2H3. The Balaban J connectivity index is 1.65. The minimum absolute atomic E-state index is 0.0189. The van der Waals surface area contributed by atoms with Crippen LogP contribution in [0.4, 0.5) is 0 Å². The lowest BCUT2D eigenvalue weighted by molar-refractivity contribution is -0.136. The van der Waals surface area contributed by atoms with Gasteiger partial charge in [-0.2, -0.15) is 0 Å². The molecule has 1 aliphatic carbocycles. The van der Waals surface area contributed by atoms with Crippen molar-refractivity contribution in [2.45, 2.75) is 49.7 Å². The molecule has 0 unspecified atom stereocenters. The highest BCUT2D eigenvalue weighted by atomic mass is 32.2. The van der Waals surface area contributed by atoms with Crippen LogP contribution in [0.3, 0.4) is 0 Å². The molecule has 0 aromatic heterocycles. The van der Waals surface area contributed by atoms with E-state index in [0.29, 0.717) is 19.5 Å². The van der Waals surface area contributed by atoms with Crippen molar-refractivity contribution in [3.8, 4) is 0 Å². The number of benzene rings is 2. The Hall–Kier alpha value is -1.88. The molecule has 1 saturated heterocycles. The first-order valence-corrected chi connectivity index (χ1v) is 11.4. The third-order valence-electron chi connectivity index (χ3n) is 6.68. The fraction of sp³-hybridized carbons (Fsp3) is 0.500. The first-order valence-electron chi connectivity index (χ1n) is 9.77. The molecule has 0 N–H and O–H groups in total. The van der Waals surface area contributed by atoms with Crippen molar-refractivity contribution in [3.05, 3.63) is 48.0 Å². The Labute approximate surface area is 161 Å². The highest BCUT2D eigenvalue weighted by molar-refractivity contribution is 7.92. The van der Waals surface area contributed by atoms with E-state index < -0.39 is 20.0 Å². The fourth-order valence-electron chi connectivity index (χ4n) is 4.67. The highest BCUT2D eigenvalue weighted by Crippen LogP contribution is 2.44. The van der Waals surface area contributed by atoms with Crippen LogP contribution in [0, 0.1) is 0 Å². The van der Waals surface area contributed by atoms with Crippen LogP contribution in [0.15, 0.2) is 42.5 Å². The maximum atomic E-state index is 13.5. The Morgan fingerprint density at radius 1 is 1.00 bits per heavy atom.